The molecule has 0 aromatic heterocycles. The third kappa shape index (κ3) is 4.04. The molecule has 0 saturated carbocycles. The van der Waals surface area contributed by atoms with Crippen LogP contribution in [0, 0.1) is 6.54 Å². The SMILES string of the molecule is CCCC[CH]NN1CCOCC1. The lowest BCUT2D eigenvalue weighted by Gasteiger charge is -2.26. The monoisotopic (exact) mass is 171 g/mol. The van der Waals surface area contributed by atoms with Gasteiger partial charge < -0.3 is 4.74 Å². The van der Waals surface area contributed by atoms with Crippen molar-refractivity contribution in [1.82, 2.24) is 10.4 Å². The van der Waals surface area contributed by atoms with Gasteiger partial charge in [-0.1, -0.05) is 19.8 Å². The molecule has 0 atom stereocenters. The maximum atomic E-state index is 5.23. The topological polar surface area (TPSA) is 24.5 Å². The molecule has 12 heavy (non-hydrogen) atoms. The molecule has 1 rings (SSSR count). The van der Waals surface area contributed by atoms with E-state index in [1.807, 2.05) is 0 Å². The van der Waals surface area contributed by atoms with E-state index in [2.05, 4.69) is 23.9 Å². The van der Waals surface area contributed by atoms with Crippen LogP contribution in [0.2, 0.25) is 0 Å². The number of morpholine rings is 1. The average molecular weight is 171 g/mol. The Balaban J connectivity index is 1.91. The van der Waals surface area contributed by atoms with Crippen LogP contribution in [0.3, 0.4) is 0 Å². The predicted octanol–water partition coefficient (Wildman–Crippen LogP) is 1.18. The highest BCUT2D eigenvalue weighted by atomic mass is 16.5. The number of nitrogens with zero attached hydrogens (tertiary/aromatic N) is 1. The second-order valence-electron chi connectivity index (χ2n) is 3.07. The molecule has 0 aromatic carbocycles. The molecular formula is C9H19N2O. The first-order valence-electron chi connectivity index (χ1n) is 4.84. The van der Waals surface area contributed by atoms with E-state index in [4.69, 9.17) is 4.74 Å². The van der Waals surface area contributed by atoms with Gasteiger partial charge in [0.05, 0.1) is 13.2 Å². The van der Waals surface area contributed by atoms with Gasteiger partial charge >= 0.3 is 0 Å². The molecule has 1 N–H and O–H groups in total. The molecule has 1 radical (unpaired) electrons. The summed E-state index contributed by atoms with van der Waals surface area (Å²) in [6, 6.07) is 0. The fraction of sp³-hybridized carbons (Fsp3) is 0.889. The normalized spacial score (nSPS) is 19.8. The summed E-state index contributed by atoms with van der Waals surface area (Å²) in [6.07, 6.45) is 3.70. The Hall–Kier alpha value is -0.120. The lowest BCUT2D eigenvalue weighted by molar-refractivity contribution is 0.0171. The third-order valence-electron chi connectivity index (χ3n) is 1.99. The molecule has 0 unspecified atom stereocenters. The molecule has 0 amide bonds. The first-order chi connectivity index (χ1) is 5.93. The van der Waals surface area contributed by atoms with E-state index < -0.39 is 0 Å². The van der Waals surface area contributed by atoms with Gasteiger partial charge in [-0.2, -0.15) is 0 Å². The Morgan fingerprint density at radius 3 is 2.83 bits per heavy atom. The Labute approximate surface area is 75.0 Å². The molecule has 0 spiro atoms. The quantitative estimate of drug-likeness (QED) is 0.628. The van der Waals surface area contributed by atoms with E-state index in [-0.39, 0.29) is 0 Å². The Morgan fingerprint density at radius 1 is 1.42 bits per heavy atom. The molecule has 71 valence electrons. The number of hydrogen-bond donors (Lipinski definition) is 1. The molecule has 1 fully saturated rings. The minimum atomic E-state index is 0.856. The van der Waals surface area contributed by atoms with Gasteiger partial charge in [0.15, 0.2) is 0 Å². The molecular weight excluding hydrogens is 152 g/mol. The van der Waals surface area contributed by atoms with Crippen LogP contribution >= 0.6 is 0 Å². The van der Waals surface area contributed by atoms with Crippen molar-refractivity contribution in [1.29, 1.82) is 0 Å². The van der Waals surface area contributed by atoms with Gasteiger partial charge in [0, 0.05) is 19.6 Å². The van der Waals surface area contributed by atoms with Crippen LogP contribution in [-0.4, -0.2) is 31.3 Å². The molecule has 1 aliphatic heterocycles. The van der Waals surface area contributed by atoms with E-state index in [0.29, 0.717) is 0 Å². The third-order valence-corrected chi connectivity index (χ3v) is 1.99. The lowest BCUT2D eigenvalue weighted by Crippen LogP contribution is -2.44. The first kappa shape index (κ1) is 9.96. The average Bonchev–Trinajstić information content (AvgIpc) is 2.14. The van der Waals surface area contributed by atoms with E-state index in [9.17, 15) is 0 Å². The van der Waals surface area contributed by atoms with Crippen LogP contribution in [0.25, 0.3) is 0 Å². The van der Waals surface area contributed by atoms with Gasteiger partial charge in [0.25, 0.3) is 0 Å². The number of hydrazine groups is 1. The molecule has 1 saturated heterocycles. The van der Waals surface area contributed by atoms with E-state index in [1.165, 1.54) is 12.8 Å². The zero-order chi connectivity index (χ0) is 8.65. The van der Waals surface area contributed by atoms with Crippen LogP contribution in [-0.2, 0) is 4.74 Å². The van der Waals surface area contributed by atoms with Crippen LogP contribution in [0.15, 0.2) is 0 Å². The minimum absolute atomic E-state index is 0.856. The maximum absolute atomic E-state index is 5.23. The highest BCUT2D eigenvalue weighted by Gasteiger charge is 2.08. The van der Waals surface area contributed by atoms with E-state index in [1.54, 1.807) is 0 Å². The molecule has 1 heterocycles. The van der Waals surface area contributed by atoms with E-state index in [0.717, 1.165) is 32.7 Å². The zero-order valence-corrected chi connectivity index (χ0v) is 7.88. The van der Waals surface area contributed by atoms with Crippen molar-refractivity contribution in [2.45, 2.75) is 26.2 Å². The smallest absolute Gasteiger partial charge is 0.0608 e. The number of hydrogen-bond acceptors (Lipinski definition) is 3. The molecule has 3 nitrogen and oxygen atoms in total. The number of nitrogens with one attached hydrogen (secondary N) is 1. The summed E-state index contributed by atoms with van der Waals surface area (Å²) in [4.78, 5) is 0. The fourth-order valence-corrected chi connectivity index (χ4v) is 1.19. The zero-order valence-electron chi connectivity index (χ0n) is 7.88. The second-order valence-corrected chi connectivity index (χ2v) is 3.07. The lowest BCUT2D eigenvalue weighted by atomic mass is 10.2. The highest BCUT2D eigenvalue weighted by Crippen LogP contribution is 1.97. The Bertz CT molecular complexity index is 103. The van der Waals surface area contributed by atoms with Gasteiger partial charge in [-0.15, -0.1) is 0 Å². The Morgan fingerprint density at radius 2 is 2.17 bits per heavy atom. The van der Waals surface area contributed by atoms with Gasteiger partial charge in [-0.3, -0.25) is 5.43 Å². The largest absolute Gasteiger partial charge is 0.379 e. The van der Waals surface area contributed by atoms with Crippen molar-refractivity contribution in [3.8, 4) is 0 Å². The summed E-state index contributed by atoms with van der Waals surface area (Å²) >= 11 is 0. The van der Waals surface area contributed by atoms with Gasteiger partial charge in [0.1, 0.15) is 0 Å². The predicted molar refractivity (Wildman–Crippen MR) is 49.4 cm³/mol. The summed E-state index contributed by atoms with van der Waals surface area (Å²) in [5.41, 5.74) is 3.28. The van der Waals surface area contributed by atoms with Crippen LogP contribution in [0.5, 0.6) is 0 Å². The Kier molecular flexibility index (Phi) is 5.32. The summed E-state index contributed by atoms with van der Waals surface area (Å²) < 4.78 is 5.23. The first-order valence-corrected chi connectivity index (χ1v) is 4.84. The molecule has 0 aliphatic carbocycles. The summed E-state index contributed by atoms with van der Waals surface area (Å²) in [5, 5.41) is 2.21. The standard InChI is InChI=1S/C9H19N2O/c1-2-3-4-5-10-11-6-8-12-9-7-11/h5,10H,2-4,6-9H2,1H3. The van der Waals surface area contributed by atoms with Crippen molar-refractivity contribution < 1.29 is 4.74 Å². The summed E-state index contributed by atoms with van der Waals surface area (Å²) in [6.45, 7) is 8.08. The number of rotatable bonds is 5. The van der Waals surface area contributed by atoms with Crippen molar-refractivity contribution in [3.05, 3.63) is 6.54 Å². The number of ether oxygens (including phenoxy) is 1. The van der Waals surface area contributed by atoms with Gasteiger partial charge in [0.2, 0.25) is 0 Å². The van der Waals surface area contributed by atoms with Crippen molar-refractivity contribution >= 4 is 0 Å². The van der Waals surface area contributed by atoms with Gasteiger partial charge in [-0.25, -0.2) is 5.01 Å². The molecule has 0 aromatic rings. The van der Waals surface area contributed by atoms with Crippen LogP contribution in [0.1, 0.15) is 26.2 Å². The highest BCUT2D eigenvalue weighted by molar-refractivity contribution is 4.63. The van der Waals surface area contributed by atoms with Crippen LogP contribution < -0.4 is 5.43 Å². The minimum Gasteiger partial charge on any atom is -0.379 e. The maximum Gasteiger partial charge on any atom is 0.0608 e. The second kappa shape index (κ2) is 6.40. The number of unbranched alkanes of at least 4 members (excludes halogenated alkanes) is 2. The molecule has 3 heteroatoms. The van der Waals surface area contributed by atoms with Crippen molar-refractivity contribution in [2.24, 2.45) is 0 Å². The fourth-order valence-electron chi connectivity index (χ4n) is 1.19. The van der Waals surface area contributed by atoms with Crippen molar-refractivity contribution in [2.75, 3.05) is 26.3 Å². The summed E-state index contributed by atoms with van der Waals surface area (Å²) in [7, 11) is 0. The molecule has 0 bridgehead atoms. The van der Waals surface area contributed by atoms with Gasteiger partial charge in [-0.05, 0) is 6.42 Å². The van der Waals surface area contributed by atoms with Crippen LogP contribution in [0.4, 0.5) is 0 Å². The van der Waals surface area contributed by atoms with E-state index >= 15 is 0 Å². The molecule has 1 aliphatic rings. The summed E-state index contributed by atoms with van der Waals surface area (Å²) in [5.74, 6) is 0. The van der Waals surface area contributed by atoms with Crippen molar-refractivity contribution in [3.63, 3.8) is 0 Å².